The molecule has 12 heteroatoms. The zero-order valence-electron chi connectivity index (χ0n) is 19.7. The third-order valence-electron chi connectivity index (χ3n) is 4.18. The number of hydrogen-bond donors (Lipinski definition) is 2. The van der Waals surface area contributed by atoms with Crippen LogP contribution in [0.2, 0.25) is 0 Å². The van der Waals surface area contributed by atoms with Gasteiger partial charge in [-0.25, -0.2) is 4.79 Å². The van der Waals surface area contributed by atoms with Crippen molar-refractivity contribution in [1.82, 2.24) is 25.5 Å². The molecule has 0 radical (unpaired) electrons. The number of nitrogens with zero attached hydrogens (tertiary/aromatic N) is 3. The lowest BCUT2D eigenvalue weighted by Crippen LogP contribution is -2.42. The molecule has 1 aliphatic rings. The fraction of sp³-hybridized carbons (Fsp3) is 0.750. The molecule has 1 heterocycles. The monoisotopic (exact) mass is 475 g/mol. The minimum atomic E-state index is -0.679. The molecule has 0 aromatic heterocycles. The number of hydrogen-bond acceptors (Lipinski definition) is 10. The van der Waals surface area contributed by atoms with E-state index in [1.165, 1.54) is 11.8 Å². The van der Waals surface area contributed by atoms with E-state index in [4.69, 9.17) is 4.84 Å². The van der Waals surface area contributed by atoms with Gasteiger partial charge >= 0.3 is 5.97 Å². The third-order valence-corrected chi connectivity index (χ3v) is 5.17. The van der Waals surface area contributed by atoms with Crippen molar-refractivity contribution in [2.24, 2.45) is 0 Å². The number of imide groups is 1. The fourth-order valence-electron chi connectivity index (χ4n) is 2.34. The van der Waals surface area contributed by atoms with E-state index < -0.39 is 23.8 Å². The standard InChI is InChI=1S/C15H26N4O5S.C5H11NO/c1-16-11(15(23)24-19-13(21)4-5-14(19)22)6-9-25-10-12(20)17-7-8-18(2)3;1-6(2)4-3-5-7/h11,16H,4-10H2,1-3H3,(H,17,20);5H,3-4H2,1-2H3. The van der Waals surface area contributed by atoms with Crippen molar-refractivity contribution in [1.29, 1.82) is 0 Å². The molecule has 32 heavy (non-hydrogen) atoms. The maximum atomic E-state index is 12.0. The Balaban J connectivity index is 0.00000118. The average Bonchev–Trinajstić information content (AvgIpc) is 3.04. The van der Waals surface area contributed by atoms with Crippen LogP contribution in [0.4, 0.5) is 0 Å². The predicted octanol–water partition coefficient (Wildman–Crippen LogP) is -0.880. The summed E-state index contributed by atoms with van der Waals surface area (Å²) in [6.07, 6.45) is 2.12. The summed E-state index contributed by atoms with van der Waals surface area (Å²) < 4.78 is 0. The lowest BCUT2D eigenvalue weighted by molar-refractivity contribution is -0.199. The van der Waals surface area contributed by atoms with Crippen LogP contribution in [-0.2, 0) is 28.8 Å². The summed E-state index contributed by atoms with van der Waals surface area (Å²) in [5.74, 6) is -0.870. The zero-order valence-corrected chi connectivity index (χ0v) is 20.5. The van der Waals surface area contributed by atoms with Crippen LogP contribution >= 0.6 is 11.8 Å². The normalized spacial score (nSPS) is 14.3. The van der Waals surface area contributed by atoms with Crippen molar-refractivity contribution in [2.75, 3.05) is 66.4 Å². The summed E-state index contributed by atoms with van der Waals surface area (Å²) in [5.41, 5.74) is 0. The first-order valence-electron chi connectivity index (χ1n) is 10.4. The second-order valence-corrected chi connectivity index (χ2v) is 8.69. The molecule has 1 aliphatic heterocycles. The van der Waals surface area contributed by atoms with Crippen LogP contribution in [0.25, 0.3) is 0 Å². The van der Waals surface area contributed by atoms with Gasteiger partial charge in [0, 0.05) is 38.9 Å². The summed E-state index contributed by atoms with van der Waals surface area (Å²) in [4.78, 5) is 65.1. The first-order valence-corrected chi connectivity index (χ1v) is 11.6. The number of carbonyl (C=O) groups is 5. The Morgan fingerprint density at radius 2 is 1.72 bits per heavy atom. The molecule has 0 bridgehead atoms. The Bertz CT molecular complexity index is 601. The molecule has 1 unspecified atom stereocenters. The molecular formula is C20H37N5O6S. The van der Waals surface area contributed by atoms with Crippen molar-refractivity contribution < 1.29 is 28.8 Å². The summed E-state index contributed by atoms with van der Waals surface area (Å²) >= 11 is 1.40. The van der Waals surface area contributed by atoms with Crippen LogP contribution < -0.4 is 10.6 Å². The zero-order chi connectivity index (χ0) is 24.5. The lowest BCUT2D eigenvalue weighted by atomic mass is 10.2. The summed E-state index contributed by atoms with van der Waals surface area (Å²) in [6.45, 7) is 2.23. The quantitative estimate of drug-likeness (QED) is 0.186. The van der Waals surface area contributed by atoms with E-state index in [0.29, 0.717) is 36.0 Å². The van der Waals surface area contributed by atoms with Gasteiger partial charge in [0.05, 0.1) is 5.75 Å². The van der Waals surface area contributed by atoms with Crippen molar-refractivity contribution in [3.05, 3.63) is 0 Å². The van der Waals surface area contributed by atoms with E-state index in [9.17, 15) is 24.0 Å². The highest BCUT2D eigenvalue weighted by atomic mass is 32.2. The minimum Gasteiger partial charge on any atom is -0.354 e. The Morgan fingerprint density at radius 1 is 1.12 bits per heavy atom. The molecule has 2 N–H and O–H groups in total. The van der Waals surface area contributed by atoms with Crippen LogP contribution in [0.15, 0.2) is 0 Å². The largest absolute Gasteiger partial charge is 0.354 e. The highest BCUT2D eigenvalue weighted by molar-refractivity contribution is 7.99. The van der Waals surface area contributed by atoms with E-state index in [0.717, 1.165) is 19.4 Å². The first-order chi connectivity index (χ1) is 15.1. The Kier molecular flexibility index (Phi) is 16.4. The van der Waals surface area contributed by atoms with Crippen molar-refractivity contribution in [3.63, 3.8) is 0 Å². The number of aldehydes is 1. The second kappa shape index (κ2) is 17.5. The number of rotatable bonds is 14. The molecular weight excluding hydrogens is 438 g/mol. The van der Waals surface area contributed by atoms with Gasteiger partial charge in [-0.15, -0.1) is 5.06 Å². The average molecular weight is 476 g/mol. The Labute approximate surface area is 194 Å². The predicted molar refractivity (Wildman–Crippen MR) is 123 cm³/mol. The summed E-state index contributed by atoms with van der Waals surface area (Å²) in [7, 11) is 9.35. The van der Waals surface area contributed by atoms with Crippen LogP contribution in [0, 0.1) is 0 Å². The van der Waals surface area contributed by atoms with Gasteiger partial charge in [-0.2, -0.15) is 11.8 Å². The maximum Gasteiger partial charge on any atom is 0.349 e. The van der Waals surface area contributed by atoms with Crippen LogP contribution in [0.1, 0.15) is 25.7 Å². The number of amides is 3. The topological polar surface area (TPSA) is 128 Å². The molecule has 11 nitrogen and oxygen atoms in total. The molecule has 0 aromatic rings. The maximum absolute atomic E-state index is 12.0. The first kappa shape index (κ1) is 30.0. The van der Waals surface area contributed by atoms with Crippen molar-refractivity contribution in [2.45, 2.75) is 31.7 Å². The highest BCUT2D eigenvalue weighted by Crippen LogP contribution is 2.14. The highest BCUT2D eigenvalue weighted by Gasteiger charge is 2.34. The van der Waals surface area contributed by atoms with Crippen LogP contribution in [0.3, 0.4) is 0 Å². The summed E-state index contributed by atoms with van der Waals surface area (Å²) in [5, 5.41) is 6.14. The SMILES string of the molecule is CN(C)CCC=O.CNC(CCSCC(=O)NCCN(C)C)C(=O)ON1C(=O)CCC1=O. The van der Waals surface area contributed by atoms with Gasteiger partial charge in [0.1, 0.15) is 12.3 Å². The van der Waals surface area contributed by atoms with Gasteiger partial charge < -0.3 is 30.1 Å². The Hall–Kier alpha value is -2.02. The molecule has 184 valence electrons. The van der Waals surface area contributed by atoms with E-state index >= 15 is 0 Å². The minimum absolute atomic E-state index is 0.0521. The van der Waals surface area contributed by atoms with Gasteiger partial charge in [0.15, 0.2) is 0 Å². The number of nitrogens with one attached hydrogen (secondary N) is 2. The van der Waals surface area contributed by atoms with E-state index in [-0.39, 0.29) is 18.7 Å². The molecule has 0 saturated carbocycles. The molecule has 0 aromatic carbocycles. The van der Waals surface area contributed by atoms with Crippen molar-refractivity contribution >= 4 is 41.7 Å². The molecule has 1 rings (SSSR count). The number of hydroxylamine groups is 2. The number of likely N-dealkylation sites (N-methyl/N-ethyl adjacent to an activating group) is 2. The molecule has 1 saturated heterocycles. The van der Waals surface area contributed by atoms with E-state index in [1.807, 2.05) is 38.0 Å². The molecule has 0 spiro atoms. The van der Waals surface area contributed by atoms with Gasteiger partial charge in [0.2, 0.25) is 5.91 Å². The van der Waals surface area contributed by atoms with Crippen molar-refractivity contribution in [3.8, 4) is 0 Å². The number of carbonyl (C=O) groups excluding carboxylic acids is 5. The molecule has 1 fully saturated rings. The lowest BCUT2D eigenvalue weighted by Gasteiger charge is -2.18. The molecule has 1 atom stereocenters. The fourth-order valence-corrected chi connectivity index (χ4v) is 3.17. The van der Waals surface area contributed by atoms with Crippen LogP contribution in [0.5, 0.6) is 0 Å². The van der Waals surface area contributed by atoms with Gasteiger partial charge in [-0.05, 0) is 47.4 Å². The third kappa shape index (κ3) is 14.1. The molecule has 0 aliphatic carbocycles. The van der Waals surface area contributed by atoms with Gasteiger partial charge in [-0.3, -0.25) is 14.4 Å². The smallest absolute Gasteiger partial charge is 0.349 e. The summed E-state index contributed by atoms with van der Waals surface area (Å²) in [6, 6.07) is -0.648. The molecule has 3 amide bonds. The van der Waals surface area contributed by atoms with E-state index in [1.54, 1.807) is 7.05 Å². The van der Waals surface area contributed by atoms with E-state index in [2.05, 4.69) is 10.6 Å². The van der Waals surface area contributed by atoms with Gasteiger partial charge in [0.25, 0.3) is 11.8 Å². The van der Waals surface area contributed by atoms with Gasteiger partial charge in [-0.1, -0.05) is 0 Å². The second-order valence-electron chi connectivity index (χ2n) is 7.59. The van der Waals surface area contributed by atoms with Crippen LogP contribution in [-0.4, -0.2) is 117 Å². The Morgan fingerprint density at radius 3 is 2.19 bits per heavy atom. The number of thioether (sulfide) groups is 1.